The molecular weight excluding hydrogens is 553 g/mol. The molecule has 1 atom stereocenters. The Kier molecular flexibility index (Phi) is 8.18. The van der Waals surface area contributed by atoms with Crippen molar-refractivity contribution >= 4 is 39.8 Å². The molecule has 1 aliphatic heterocycles. The topological polar surface area (TPSA) is 130 Å². The lowest BCUT2D eigenvalue weighted by molar-refractivity contribution is -0.138. The first kappa shape index (κ1) is 30.1. The van der Waals surface area contributed by atoms with Gasteiger partial charge in [0.1, 0.15) is 23.0 Å². The first-order valence-electron chi connectivity index (χ1n) is 14.5. The number of fused-ring (bicyclic) bond motifs is 2. The van der Waals surface area contributed by atoms with Crippen molar-refractivity contribution in [2.45, 2.75) is 77.0 Å². The summed E-state index contributed by atoms with van der Waals surface area (Å²) in [6.07, 6.45) is 2.67. The molecule has 0 saturated carbocycles. The molecule has 2 aromatic heterocycles. The fourth-order valence-electron chi connectivity index (χ4n) is 5.49. The fraction of sp³-hybridized carbons (Fsp3) is 0.438. The minimum atomic E-state index is -1.35. The number of carbonyl (C=O) groups excluding carboxylic acids is 3. The predicted molar refractivity (Wildman–Crippen MR) is 160 cm³/mol. The third kappa shape index (κ3) is 6.81. The van der Waals surface area contributed by atoms with E-state index >= 15 is 0 Å². The fourth-order valence-corrected chi connectivity index (χ4v) is 5.49. The van der Waals surface area contributed by atoms with E-state index in [0.717, 1.165) is 27.5 Å². The lowest BCUT2D eigenvalue weighted by atomic mass is 9.91. The van der Waals surface area contributed by atoms with Crippen LogP contribution in [-0.2, 0) is 20.7 Å². The molecule has 0 aliphatic carbocycles. The van der Waals surface area contributed by atoms with Crippen LogP contribution in [0.2, 0.25) is 0 Å². The largest absolute Gasteiger partial charge is 0.444 e. The number of nitrogens with zero attached hydrogens (tertiary/aromatic N) is 2. The average Bonchev–Trinajstić information content (AvgIpc) is 3.55. The van der Waals surface area contributed by atoms with Gasteiger partial charge in [0, 0.05) is 54.0 Å². The zero-order chi connectivity index (χ0) is 30.9. The summed E-state index contributed by atoms with van der Waals surface area (Å²) in [6.45, 7) is 9.27. The average molecular weight is 592 g/mol. The van der Waals surface area contributed by atoms with Gasteiger partial charge in [0.2, 0.25) is 11.8 Å². The maximum absolute atomic E-state index is 14.0. The standard InChI is InChI=1S/C32H38FN5O5/c1-31(2,3)42-30(41)36-32(4,5)29(40)35-25(16-20-18-34-24-9-7-6-8-22(20)24)28(39)38-14-12-19(13-15-38)27-23-11-10-21(33)17-26(23)43-37-27/h6-11,17-19,25,34H,12-16H2,1-5H3,(H,35,40)(H,36,41). The van der Waals surface area contributed by atoms with Crippen LogP contribution in [0.15, 0.2) is 53.2 Å². The number of rotatable bonds is 7. The number of benzene rings is 2. The number of nitrogens with one attached hydrogen (secondary N) is 3. The Balaban J connectivity index is 1.32. The summed E-state index contributed by atoms with van der Waals surface area (Å²) in [7, 11) is 0. The van der Waals surface area contributed by atoms with Crippen LogP contribution >= 0.6 is 0 Å². The number of halogens is 1. The van der Waals surface area contributed by atoms with Crippen molar-refractivity contribution in [1.82, 2.24) is 25.7 Å². The molecule has 5 rings (SSSR count). The molecule has 1 saturated heterocycles. The van der Waals surface area contributed by atoms with Crippen molar-refractivity contribution in [3.63, 3.8) is 0 Å². The van der Waals surface area contributed by atoms with Crippen LogP contribution in [0.25, 0.3) is 21.9 Å². The Hall–Kier alpha value is -4.41. The molecule has 0 bridgehead atoms. The summed E-state index contributed by atoms with van der Waals surface area (Å²) < 4.78 is 24.3. The van der Waals surface area contributed by atoms with Crippen molar-refractivity contribution in [2.24, 2.45) is 0 Å². The summed E-state index contributed by atoms with van der Waals surface area (Å²) in [4.78, 5) is 44.9. The van der Waals surface area contributed by atoms with Crippen LogP contribution in [0, 0.1) is 5.82 Å². The van der Waals surface area contributed by atoms with Gasteiger partial charge in [-0.15, -0.1) is 0 Å². The van der Waals surface area contributed by atoms with Crippen molar-refractivity contribution < 1.29 is 28.0 Å². The number of likely N-dealkylation sites (tertiary alicyclic amines) is 1. The van der Waals surface area contributed by atoms with Gasteiger partial charge in [-0.25, -0.2) is 9.18 Å². The van der Waals surface area contributed by atoms with Crippen molar-refractivity contribution in [3.05, 3.63) is 65.7 Å². The summed E-state index contributed by atoms with van der Waals surface area (Å²) in [5.74, 6) is -1.05. The normalized spacial score (nSPS) is 15.4. The lowest BCUT2D eigenvalue weighted by Crippen LogP contribution is -2.60. The number of aromatic nitrogens is 2. The molecule has 4 aromatic rings. The second-order valence-corrected chi connectivity index (χ2v) is 12.6. The van der Waals surface area contributed by atoms with Gasteiger partial charge in [-0.3, -0.25) is 9.59 Å². The second kappa shape index (κ2) is 11.7. The second-order valence-electron chi connectivity index (χ2n) is 12.6. The summed E-state index contributed by atoms with van der Waals surface area (Å²) in [5.41, 5.74) is 0.913. The summed E-state index contributed by atoms with van der Waals surface area (Å²) in [5, 5.41) is 11.5. The van der Waals surface area contributed by atoms with E-state index < -0.39 is 29.2 Å². The number of hydrogen-bond acceptors (Lipinski definition) is 6. The van der Waals surface area contributed by atoms with Crippen LogP contribution in [-0.4, -0.2) is 63.2 Å². The van der Waals surface area contributed by atoms with Crippen LogP contribution in [0.5, 0.6) is 0 Å². The molecule has 10 nitrogen and oxygen atoms in total. The molecule has 0 spiro atoms. The number of alkyl carbamates (subject to hydrolysis) is 1. The number of hydrogen-bond donors (Lipinski definition) is 3. The first-order valence-corrected chi connectivity index (χ1v) is 14.5. The highest BCUT2D eigenvalue weighted by atomic mass is 19.1. The Bertz CT molecular complexity index is 1640. The highest BCUT2D eigenvalue weighted by Gasteiger charge is 2.37. The van der Waals surface area contributed by atoms with Crippen LogP contribution in [0.1, 0.15) is 64.6 Å². The van der Waals surface area contributed by atoms with Crippen molar-refractivity contribution in [3.8, 4) is 0 Å². The summed E-state index contributed by atoms with van der Waals surface area (Å²) in [6, 6.07) is 11.3. The molecule has 1 aliphatic rings. The van der Waals surface area contributed by atoms with E-state index in [1.807, 2.05) is 30.5 Å². The maximum Gasteiger partial charge on any atom is 0.408 e. The van der Waals surface area contributed by atoms with E-state index in [1.165, 1.54) is 12.1 Å². The van der Waals surface area contributed by atoms with E-state index in [1.54, 1.807) is 45.6 Å². The number of amides is 3. The van der Waals surface area contributed by atoms with Crippen molar-refractivity contribution in [2.75, 3.05) is 13.1 Å². The van der Waals surface area contributed by atoms with Gasteiger partial charge in [-0.1, -0.05) is 23.4 Å². The number of H-pyrrole nitrogens is 1. The minimum absolute atomic E-state index is 0.0504. The minimum Gasteiger partial charge on any atom is -0.444 e. The maximum atomic E-state index is 14.0. The monoisotopic (exact) mass is 591 g/mol. The molecule has 3 N–H and O–H groups in total. The third-order valence-electron chi connectivity index (χ3n) is 7.74. The van der Waals surface area contributed by atoms with E-state index in [4.69, 9.17) is 9.26 Å². The van der Waals surface area contributed by atoms with E-state index in [9.17, 15) is 18.8 Å². The molecule has 1 unspecified atom stereocenters. The molecular formula is C32H38FN5O5. The Labute approximate surface area is 249 Å². The molecule has 2 aromatic carbocycles. The van der Waals surface area contributed by atoms with Gasteiger partial charge in [0.15, 0.2) is 5.58 Å². The molecule has 3 heterocycles. The Morgan fingerprint density at radius 1 is 1.09 bits per heavy atom. The first-order chi connectivity index (χ1) is 20.3. The number of carbonyl (C=O) groups is 3. The summed E-state index contributed by atoms with van der Waals surface area (Å²) >= 11 is 0. The molecule has 3 amide bonds. The number of ether oxygens (including phenoxy) is 1. The van der Waals surface area contributed by atoms with Crippen LogP contribution in [0.3, 0.4) is 0 Å². The molecule has 11 heteroatoms. The van der Waals surface area contributed by atoms with Crippen LogP contribution < -0.4 is 10.6 Å². The van der Waals surface area contributed by atoms with E-state index in [0.29, 0.717) is 31.5 Å². The van der Waals surface area contributed by atoms with Gasteiger partial charge in [0.05, 0.1) is 5.69 Å². The number of piperidine rings is 1. The van der Waals surface area contributed by atoms with Gasteiger partial charge >= 0.3 is 6.09 Å². The van der Waals surface area contributed by atoms with Gasteiger partial charge in [-0.2, -0.15) is 0 Å². The van der Waals surface area contributed by atoms with E-state index in [-0.39, 0.29) is 24.1 Å². The number of para-hydroxylation sites is 1. The van der Waals surface area contributed by atoms with Gasteiger partial charge in [0.25, 0.3) is 0 Å². The van der Waals surface area contributed by atoms with Crippen LogP contribution in [0.4, 0.5) is 9.18 Å². The highest BCUT2D eigenvalue weighted by Crippen LogP contribution is 2.33. The zero-order valence-electron chi connectivity index (χ0n) is 25.1. The Morgan fingerprint density at radius 3 is 2.53 bits per heavy atom. The predicted octanol–water partition coefficient (Wildman–Crippen LogP) is 5.19. The van der Waals surface area contributed by atoms with E-state index in [2.05, 4.69) is 20.8 Å². The molecule has 228 valence electrons. The third-order valence-corrected chi connectivity index (χ3v) is 7.74. The number of aromatic amines is 1. The van der Waals surface area contributed by atoms with Gasteiger partial charge < -0.3 is 29.8 Å². The highest BCUT2D eigenvalue weighted by molar-refractivity contribution is 5.94. The smallest absolute Gasteiger partial charge is 0.408 e. The van der Waals surface area contributed by atoms with Crippen molar-refractivity contribution in [1.29, 1.82) is 0 Å². The molecule has 1 fully saturated rings. The zero-order valence-corrected chi connectivity index (χ0v) is 25.1. The molecule has 43 heavy (non-hydrogen) atoms. The lowest BCUT2D eigenvalue weighted by Gasteiger charge is -2.35. The SMILES string of the molecule is CC(C)(C)OC(=O)NC(C)(C)C(=O)NC(Cc1c[nH]c2ccccc12)C(=O)N1CCC(c2noc3cc(F)ccc23)CC1. The quantitative estimate of drug-likeness (QED) is 0.271. The van der Waals surface area contributed by atoms with Gasteiger partial charge in [-0.05, 0) is 71.2 Å². The molecule has 0 radical (unpaired) electrons. The Morgan fingerprint density at radius 2 is 1.81 bits per heavy atom.